The van der Waals surface area contributed by atoms with Crippen molar-refractivity contribution in [3.05, 3.63) is 41.6 Å². The van der Waals surface area contributed by atoms with Crippen LogP contribution in [0.15, 0.2) is 34.9 Å². The van der Waals surface area contributed by atoms with E-state index in [9.17, 15) is 0 Å². The molecule has 3 rings (SSSR count). The lowest BCUT2D eigenvalue weighted by atomic mass is 10.1. The van der Waals surface area contributed by atoms with Crippen molar-refractivity contribution in [3.8, 4) is 11.5 Å². The van der Waals surface area contributed by atoms with Crippen LogP contribution in [-0.4, -0.2) is 16.8 Å². The minimum Gasteiger partial charge on any atom is -0.454 e. The summed E-state index contributed by atoms with van der Waals surface area (Å²) in [6, 6.07) is 8.18. The highest BCUT2D eigenvalue weighted by Crippen LogP contribution is 2.34. The van der Waals surface area contributed by atoms with Crippen molar-refractivity contribution in [1.29, 1.82) is 0 Å². The maximum atomic E-state index is 6.07. The first-order valence-electron chi connectivity index (χ1n) is 6.92. The van der Waals surface area contributed by atoms with Crippen LogP contribution >= 0.6 is 0 Å². The largest absolute Gasteiger partial charge is 0.454 e. The first-order valence-corrected chi connectivity index (χ1v) is 6.92. The molecule has 0 amide bonds. The normalized spacial score (nSPS) is 11.3. The van der Waals surface area contributed by atoms with Crippen LogP contribution in [0.1, 0.15) is 18.1 Å². The van der Waals surface area contributed by atoms with Gasteiger partial charge < -0.3 is 9.73 Å². The van der Waals surface area contributed by atoms with Gasteiger partial charge in [0.1, 0.15) is 11.3 Å². The fourth-order valence-corrected chi connectivity index (χ4v) is 2.69. The van der Waals surface area contributed by atoms with E-state index in [0.717, 1.165) is 35.6 Å². The second kappa shape index (κ2) is 5.13. The lowest BCUT2D eigenvalue weighted by Crippen LogP contribution is -2.05. The smallest absolute Gasteiger partial charge is 0.159 e. The van der Waals surface area contributed by atoms with Gasteiger partial charge in [0.05, 0.1) is 0 Å². The molecule has 0 aliphatic heterocycles. The van der Waals surface area contributed by atoms with Gasteiger partial charge in [0.2, 0.25) is 0 Å². The van der Waals surface area contributed by atoms with E-state index < -0.39 is 0 Å². The molecule has 0 spiro atoms. The molecule has 0 unspecified atom stereocenters. The van der Waals surface area contributed by atoms with E-state index in [0.29, 0.717) is 0 Å². The minimum absolute atomic E-state index is 0.781. The van der Waals surface area contributed by atoms with Crippen LogP contribution in [0.2, 0.25) is 0 Å². The molecule has 4 nitrogen and oxygen atoms in total. The Labute approximate surface area is 118 Å². The van der Waals surface area contributed by atoms with Gasteiger partial charge >= 0.3 is 0 Å². The second-order valence-corrected chi connectivity index (χ2v) is 4.97. The maximum Gasteiger partial charge on any atom is 0.159 e. The van der Waals surface area contributed by atoms with Gasteiger partial charge in [-0.1, -0.05) is 25.1 Å². The van der Waals surface area contributed by atoms with Gasteiger partial charge in [0.25, 0.3) is 0 Å². The summed E-state index contributed by atoms with van der Waals surface area (Å²) in [5.41, 5.74) is 4.26. The molecule has 2 heterocycles. The van der Waals surface area contributed by atoms with E-state index in [1.165, 1.54) is 10.9 Å². The van der Waals surface area contributed by atoms with Gasteiger partial charge in [-0.3, -0.25) is 4.68 Å². The summed E-state index contributed by atoms with van der Waals surface area (Å²) in [5, 5.41) is 8.96. The van der Waals surface area contributed by atoms with E-state index in [4.69, 9.17) is 4.42 Å². The number of rotatable bonds is 4. The van der Waals surface area contributed by atoms with Gasteiger partial charge in [-0.2, -0.15) is 5.10 Å². The van der Waals surface area contributed by atoms with Crippen LogP contribution in [0.25, 0.3) is 22.4 Å². The fraction of sp³-hybridized carbons (Fsp3) is 0.312. The summed E-state index contributed by atoms with van der Waals surface area (Å²) in [4.78, 5) is 0. The molecular weight excluding hydrogens is 250 g/mol. The number of aryl methyl sites for hydroxylation is 2. The third-order valence-electron chi connectivity index (χ3n) is 3.54. The van der Waals surface area contributed by atoms with E-state index >= 15 is 0 Å². The molecular formula is C16H19N3O. The SMILES string of the molecule is CCc1c(-c2nn(C)cc2CNC)oc2ccccc12. The Morgan fingerprint density at radius 3 is 2.85 bits per heavy atom. The van der Waals surface area contributed by atoms with Crippen molar-refractivity contribution < 1.29 is 4.42 Å². The third kappa shape index (κ3) is 2.02. The zero-order chi connectivity index (χ0) is 14.1. The zero-order valence-electron chi connectivity index (χ0n) is 12.1. The summed E-state index contributed by atoms with van der Waals surface area (Å²) in [6.45, 7) is 2.94. The van der Waals surface area contributed by atoms with Gasteiger partial charge in [-0.05, 0) is 19.5 Å². The van der Waals surface area contributed by atoms with E-state index in [-0.39, 0.29) is 0 Å². The molecule has 0 aliphatic carbocycles. The van der Waals surface area contributed by atoms with Gasteiger partial charge in [-0.15, -0.1) is 0 Å². The number of aromatic nitrogens is 2. The minimum atomic E-state index is 0.781. The molecule has 0 radical (unpaired) electrons. The number of hydrogen-bond donors (Lipinski definition) is 1. The van der Waals surface area contributed by atoms with E-state index in [2.05, 4.69) is 23.4 Å². The molecule has 0 bridgehead atoms. The summed E-state index contributed by atoms with van der Waals surface area (Å²) >= 11 is 0. The molecule has 1 N–H and O–H groups in total. The van der Waals surface area contributed by atoms with Gasteiger partial charge in [0.15, 0.2) is 5.76 Å². The number of furan rings is 1. The van der Waals surface area contributed by atoms with Crippen LogP contribution in [0.4, 0.5) is 0 Å². The summed E-state index contributed by atoms with van der Waals surface area (Å²) in [7, 11) is 3.88. The number of nitrogens with zero attached hydrogens (tertiary/aromatic N) is 2. The summed E-state index contributed by atoms with van der Waals surface area (Å²) in [5.74, 6) is 0.902. The Hall–Kier alpha value is -2.07. The number of para-hydroxylation sites is 1. The van der Waals surface area contributed by atoms with Crippen molar-refractivity contribution in [2.75, 3.05) is 7.05 Å². The molecule has 1 aromatic carbocycles. The van der Waals surface area contributed by atoms with Gasteiger partial charge in [-0.25, -0.2) is 0 Å². The zero-order valence-corrected chi connectivity index (χ0v) is 12.1. The van der Waals surface area contributed by atoms with Crippen LogP contribution in [0, 0.1) is 0 Å². The molecule has 0 fully saturated rings. The van der Waals surface area contributed by atoms with Crippen LogP contribution in [0.3, 0.4) is 0 Å². The van der Waals surface area contributed by atoms with Crippen LogP contribution < -0.4 is 5.32 Å². The molecule has 0 saturated carbocycles. The van der Waals surface area contributed by atoms with Crippen molar-refractivity contribution in [2.24, 2.45) is 7.05 Å². The molecule has 0 saturated heterocycles. The highest BCUT2D eigenvalue weighted by Gasteiger charge is 2.19. The molecule has 4 heteroatoms. The summed E-state index contributed by atoms with van der Waals surface area (Å²) in [6.07, 6.45) is 2.97. The first-order chi connectivity index (χ1) is 9.74. The maximum absolute atomic E-state index is 6.07. The third-order valence-corrected chi connectivity index (χ3v) is 3.54. The standard InChI is InChI=1S/C16H19N3O/c1-4-12-13-7-5-6-8-14(13)20-16(12)15-11(9-17-2)10-19(3)18-15/h5-8,10,17H,4,9H2,1-3H3. The van der Waals surface area contributed by atoms with Crippen molar-refractivity contribution in [2.45, 2.75) is 19.9 Å². The molecule has 0 aliphatic rings. The predicted molar refractivity (Wildman–Crippen MR) is 80.6 cm³/mol. The number of benzene rings is 1. The number of hydrogen-bond acceptors (Lipinski definition) is 3. The Bertz CT molecular complexity index is 739. The fourth-order valence-electron chi connectivity index (χ4n) is 2.69. The quantitative estimate of drug-likeness (QED) is 0.791. The lowest BCUT2D eigenvalue weighted by Gasteiger charge is -2.01. The first kappa shape index (κ1) is 12.9. The van der Waals surface area contributed by atoms with Crippen molar-refractivity contribution in [3.63, 3.8) is 0 Å². The Balaban J connectivity index is 2.23. The number of fused-ring (bicyclic) bond motifs is 1. The highest BCUT2D eigenvalue weighted by atomic mass is 16.3. The number of nitrogens with one attached hydrogen (secondary N) is 1. The second-order valence-electron chi connectivity index (χ2n) is 4.97. The predicted octanol–water partition coefficient (Wildman–Crippen LogP) is 3.12. The topological polar surface area (TPSA) is 43.0 Å². The molecule has 20 heavy (non-hydrogen) atoms. The summed E-state index contributed by atoms with van der Waals surface area (Å²) < 4.78 is 7.91. The Morgan fingerprint density at radius 2 is 2.10 bits per heavy atom. The Morgan fingerprint density at radius 1 is 1.30 bits per heavy atom. The van der Waals surface area contributed by atoms with Crippen LogP contribution in [0.5, 0.6) is 0 Å². The molecule has 3 aromatic rings. The van der Waals surface area contributed by atoms with Crippen molar-refractivity contribution in [1.82, 2.24) is 15.1 Å². The monoisotopic (exact) mass is 269 g/mol. The van der Waals surface area contributed by atoms with Crippen molar-refractivity contribution >= 4 is 11.0 Å². The molecule has 0 atom stereocenters. The van der Waals surface area contributed by atoms with E-state index in [1.807, 2.05) is 43.2 Å². The van der Waals surface area contributed by atoms with E-state index in [1.54, 1.807) is 0 Å². The average molecular weight is 269 g/mol. The van der Waals surface area contributed by atoms with Gasteiger partial charge in [0, 0.05) is 36.3 Å². The lowest BCUT2D eigenvalue weighted by molar-refractivity contribution is 0.619. The Kier molecular flexibility index (Phi) is 3.32. The van der Waals surface area contributed by atoms with Crippen LogP contribution in [-0.2, 0) is 20.0 Å². The molecule has 2 aromatic heterocycles. The highest BCUT2D eigenvalue weighted by molar-refractivity contribution is 5.87. The molecule has 104 valence electrons. The average Bonchev–Trinajstić information content (AvgIpc) is 2.99.